The van der Waals surface area contributed by atoms with Gasteiger partial charge in [-0.25, -0.2) is 0 Å². The molecular formula is C19H29N2O2+. The van der Waals surface area contributed by atoms with E-state index >= 15 is 0 Å². The molecule has 4 heteroatoms. The smallest absolute Gasteiger partial charge is 0.251 e. The average molecular weight is 317 g/mol. The molecule has 0 aromatic heterocycles. The van der Waals surface area contributed by atoms with Crippen molar-refractivity contribution in [2.75, 3.05) is 27.7 Å². The zero-order chi connectivity index (χ0) is 17.6. The van der Waals surface area contributed by atoms with Crippen molar-refractivity contribution in [1.29, 1.82) is 0 Å². The van der Waals surface area contributed by atoms with Crippen LogP contribution in [0, 0.1) is 0 Å². The number of carbonyl (C=O) groups excluding carboxylic acids is 2. The first-order valence-corrected chi connectivity index (χ1v) is 7.96. The van der Waals surface area contributed by atoms with Crippen molar-refractivity contribution in [3.63, 3.8) is 0 Å². The van der Waals surface area contributed by atoms with Gasteiger partial charge in [-0.3, -0.25) is 9.59 Å². The molecule has 0 unspecified atom stereocenters. The minimum atomic E-state index is -0.0758. The molecule has 0 radical (unpaired) electrons. The van der Waals surface area contributed by atoms with Crippen molar-refractivity contribution in [1.82, 2.24) is 5.32 Å². The molecule has 1 aromatic rings. The number of nitrogens with one attached hydrogen (secondary N) is 1. The van der Waals surface area contributed by atoms with Crippen LogP contribution in [0.25, 0.3) is 0 Å². The number of allylic oxidation sites excluding steroid dienone is 2. The number of nitrogens with zero attached hydrogens (tertiary/aromatic N) is 1. The second-order valence-electron chi connectivity index (χ2n) is 6.89. The summed E-state index contributed by atoms with van der Waals surface area (Å²) < 4.78 is 0.737. The first-order chi connectivity index (χ1) is 10.7. The third-order valence-corrected chi connectivity index (χ3v) is 4.17. The van der Waals surface area contributed by atoms with Crippen LogP contribution in [-0.2, 0) is 11.3 Å². The van der Waals surface area contributed by atoms with Gasteiger partial charge in [0.2, 0.25) is 0 Å². The molecule has 0 atom stereocenters. The molecule has 1 N–H and O–H groups in total. The number of hydrogen-bond donors (Lipinski definition) is 1. The van der Waals surface area contributed by atoms with Crippen molar-refractivity contribution in [3.8, 4) is 0 Å². The van der Waals surface area contributed by atoms with Gasteiger partial charge in [-0.1, -0.05) is 17.7 Å². The highest BCUT2D eigenvalue weighted by Gasteiger charge is 2.19. The van der Waals surface area contributed by atoms with Gasteiger partial charge in [-0.05, 0) is 38.5 Å². The van der Waals surface area contributed by atoms with E-state index in [0.29, 0.717) is 12.0 Å². The number of rotatable bonds is 7. The fourth-order valence-corrected chi connectivity index (χ4v) is 2.35. The lowest BCUT2D eigenvalue weighted by Gasteiger charge is -2.29. The van der Waals surface area contributed by atoms with E-state index in [1.165, 1.54) is 0 Å². The molecule has 0 fully saturated rings. The van der Waals surface area contributed by atoms with E-state index in [2.05, 4.69) is 19.4 Å². The second kappa shape index (κ2) is 8.06. The summed E-state index contributed by atoms with van der Waals surface area (Å²) >= 11 is 0. The second-order valence-corrected chi connectivity index (χ2v) is 6.89. The number of quaternary nitrogens is 1. The van der Waals surface area contributed by atoms with Crippen LogP contribution in [0.5, 0.6) is 0 Å². The molecule has 0 aliphatic carbocycles. The Hall–Kier alpha value is -1.94. The van der Waals surface area contributed by atoms with Crippen molar-refractivity contribution in [3.05, 3.63) is 46.5 Å². The van der Waals surface area contributed by atoms with Gasteiger partial charge in [0.15, 0.2) is 5.78 Å². The molecule has 0 spiro atoms. The van der Waals surface area contributed by atoms with E-state index in [1.807, 2.05) is 45.0 Å². The summed E-state index contributed by atoms with van der Waals surface area (Å²) in [5.41, 5.74) is 3.79. The van der Waals surface area contributed by atoms with Crippen LogP contribution < -0.4 is 5.32 Å². The maximum atomic E-state index is 12.1. The molecule has 1 rings (SSSR count). The number of benzene rings is 1. The molecule has 0 saturated heterocycles. The summed E-state index contributed by atoms with van der Waals surface area (Å²) in [6.07, 6.45) is 0.556. The molecule has 4 nitrogen and oxygen atoms in total. The van der Waals surface area contributed by atoms with Crippen LogP contribution in [0.2, 0.25) is 0 Å². The molecule has 1 aromatic carbocycles. The summed E-state index contributed by atoms with van der Waals surface area (Å²) in [6.45, 7) is 7.47. The minimum Gasteiger partial charge on any atom is -0.355 e. The van der Waals surface area contributed by atoms with Crippen LogP contribution in [0.15, 0.2) is 35.4 Å². The summed E-state index contributed by atoms with van der Waals surface area (Å²) in [5, 5.41) is 2.62. The largest absolute Gasteiger partial charge is 0.355 e. The third kappa shape index (κ3) is 5.99. The van der Waals surface area contributed by atoms with Crippen molar-refractivity contribution >= 4 is 11.7 Å². The summed E-state index contributed by atoms with van der Waals surface area (Å²) in [5.74, 6) is 0.152. The van der Waals surface area contributed by atoms with E-state index in [1.54, 1.807) is 7.05 Å². The standard InChI is InChI=1S/C19H28N2O2/c1-14(2)15(3)18(22)11-12-21(5,6)13-16-7-9-17(10-8-16)19(23)20-4/h7-10H,11-13H2,1-6H3/p+1. The topological polar surface area (TPSA) is 46.2 Å². The van der Waals surface area contributed by atoms with E-state index in [0.717, 1.165) is 34.3 Å². The van der Waals surface area contributed by atoms with Gasteiger partial charge in [0.05, 0.1) is 27.1 Å². The Bertz CT molecular complexity index is 594. The Morgan fingerprint density at radius 3 is 2.09 bits per heavy atom. The molecular weight excluding hydrogens is 288 g/mol. The zero-order valence-corrected chi connectivity index (χ0v) is 15.2. The number of amides is 1. The number of hydrogen-bond acceptors (Lipinski definition) is 2. The summed E-state index contributed by atoms with van der Waals surface area (Å²) in [4.78, 5) is 23.7. The van der Waals surface area contributed by atoms with Crippen molar-refractivity contribution < 1.29 is 14.1 Å². The van der Waals surface area contributed by atoms with E-state index in [-0.39, 0.29) is 11.7 Å². The Kier molecular flexibility index (Phi) is 6.70. The van der Waals surface area contributed by atoms with Gasteiger partial charge in [-0.2, -0.15) is 0 Å². The van der Waals surface area contributed by atoms with Gasteiger partial charge in [0, 0.05) is 18.2 Å². The predicted octanol–water partition coefficient (Wildman–Crippen LogP) is 2.94. The maximum Gasteiger partial charge on any atom is 0.251 e. The van der Waals surface area contributed by atoms with Crippen LogP contribution in [0.1, 0.15) is 43.1 Å². The van der Waals surface area contributed by atoms with Gasteiger partial charge in [-0.15, -0.1) is 0 Å². The predicted molar refractivity (Wildman–Crippen MR) is 94.2 cm³/mol. The average Bonchev–Trinajstić information content (AvgIpc) is 2.51. The highest BCUT2D eigenvalue weighted by Crippen LogP contribution is 2.14. The SMILES string of the molecule is CNC(=O)c1ccc(C[N+](C)(C)CCC(=O)C(C)=C(C)C)cc1. The van der Waals surface area contributed by atoms with E-state index in [9.17, 15) is 9.59 Å². The van der Waals surface area contributed by atoms with Crippen LogP contribution in [-0.4, -0.2) is 43.9 Å². The molecule has 0 aliphatic heterocycles. The third-order valence-electron chi connectivity index (χ3n) is 4.17. The number of carbonyl (C=O) groups is 2. The van der Waals surface area contributed by atoms with Crippen LogP contribution in [0.4, 0.5) is 0 Å². The summed E-state index contributed by atoms with van der Waals surface area (Å²) in [7, 11) is 5.87. The highest BCUT2D eigenvalue weighted by molar-refractivity contribution is 5.95. The van der Waals surface area contributed by atoms with Crippen LogP contribution >= 0.6 is 0 Å². The molecule has 0 bridgehead atoms. The molecule has 126 valence electrons. The lowest BCUT2D eigenvalue weighted by atomic mass is 10.0. The molecule has 0 aliphatic rings. The fraction of sp³-hybridized carbons (Fsp3) is 0.474. The number of Topliss-reactive ketones (excluding diaryl/α,β-unsaturated/α-hetero) is 1. The lowest BCUT2D eigenvalue weighted by molar-refractivity contribution is -0.903. The van der Waals surface area contributed by atoms with Gasteiger partial charge in [0.25, 0.3) is 5.91 Å². The Labute approximate surface area is 139 Å². The quantitative estimate of drug-likeness (QED) is 0.621. The summed E-state index contributed by atoms with van der Waals surface area (Å²) in [6, 6.07) is 7.64. The monoisotopic (exact) mass is 317 g/mol. The molecule has 1 amide bonds. The molecule has 0 saturated carbocycles. The molecule has 23 heavy (non-hydrogen) atoms. The van der Waals surface area contributed by atoms with Crippen molar-refractivity contribution in [2.45, 2.75) is 33.7 Å². The number of ketones is 1. The lowest BCUT2D eigenvalue weighted by Crippen LogP contribution is -2.40. The van der Waals surface area contributed by atoms with Gasteiger partial charge >= 0.3 is 0 Å². The fourth-order valence-electron chi connectivity index (χ4n) is 2.35. The molecule has 0 heterocycles. The minimum absolute atomic E-state index is 0.0758. The van der Waals surface area contributed by atoms with E-state index in [4.69, 9.17) is 0 Å². The Balaban J connectivity index is 2.66. The first-order valence-electron chi connectivity index (χ1n) is 7.96. The normalized spacial score (nSPS) is 11.0. The zero-order valence-electron chi connectivity index (χ0n) is 15.2. The highest BCUT2D eigenvalue weighted by atomic mass is 16.1. The first kappa shape index (κ1) is 19.1. The van der Waals surface area contributed by atoms with Crippen molar-refractivity contribution in [2.24, 2.45) is 0 Å². The van der Waals surface area contributed by atoms with Gasteiger partial charge < -0.3 is 9.80 Å². The van der Waals surface area contributed by atoms with E-state index < -0.39 is 0 Å². The Morgan fingerprint density at radius 1 is 1.04 bits per heavy atom. The maximum absolute atomic E-state index is 12.1. The van der Waals surface area contributed by atoms with Gasteiger partial charge in [0.1, 0.15) is 6.54 Å². The Morgan fingerprint density at radius 2 is 1.61 bits per heavy atom. The van der Waals surface area contributed by atoms with Crippen LogP contribution in [0.3, 0.4) is 0 Å².